The standard InChI is InChI=1S/C45H50F3N3O8Si/c1-43(2,3)60(4,5)59-44-31(36(49)39-35(41(44)54)42(50-58-39)56-25-27-16-10-7-11-17-27)21-28-20-30-34(37(52)33(28)40(44)53)32(55-24-26-14-8-6-9-15-26)22-29(23-51-18-12-13-19-51)38(30)57-45(46,47)48/h6-11,14-17,22,28,31,36,52H,12-13,18-21,23-25,49H2,1-5H3/t28-,31-,36-,44?/m0/s1. The maximum absolute atomic E-state index is 15.7. The van der Waals surface area contributed by atoms with Crippen molar-refractivity contribution in [2.24, 2.45) is 17.6 Å². The molecule has 15 heteroatoms. The van der Waals surface area contributed by atoms with Crippen molar-refractivity contribution in [2.45, 2.75) is 102 Å². The molecule has 4 aromatic rings. The van der Waals surface area contributed by atoms with Crippen LogP contribution < -0.4 is 19.9 Å². The monoisotopic (exact) mass is 845 g/mol. The van der Waals surface area contributed by atoms with Gasteiger partial charge in [-0.3, -0.25) is 14.5 Å². The molecule has 1 unspecified atom stereocenters. The summed E-state index contributed by atoms with van der Waals surface area (Å²) in [5, 5.41) is 16.1. The van der Waals surface area contributed by atoms with Crippen LogP contribution in [0.25, 0.3) is 5.76 Å². The summed E-state index contributed by atoms with van der Waals surface area (Å²) in [5.41, 5.74) is 6.28. The Bertz CT molecular complexity index is 2320. The molecule has 4 aliphatic rings. The summed E-state index contributed by atoms with van der Waals surface area (Å²) < 4.78 is 73.2. The van der Waals surface area contributed by atoms with Crippen LogP contribution in [0.2, 0.25) is 18.1 Å². The Balaban J connectivity index is 1.30. The van der Waals surface area contributed by atoms with E-state index in [0.717, 1.165) is 24.0 Å². The number of hydrogen-bond donors (Lipinski definition) is 2. The van der Waals surface area contributed by atoms with Gasteiger partial charge in [-0.25, -0.2) is 0 Å². The Morgan fingerprint density at radius 2 is 1.55 bits per heavy atom. The first kappa shape index (κ1) is 41.8. The maximum atomic E-state index is 15.7. The number of benzene rings is 3. The van der Waals surface area contributed by atoms with E-state index in [0.29, 0.717) is 13.1 Å². The Kier molecular flexibility index (Phi) is 10.8. The van der Waals surface area contributed by atoms with Gasteiger partial charge in [0.15, 0.2) is 19.7 Å². The molecule has 0 radical (unpaired) electrons. The normalized spacial score (nSPS) is 23.2. The predicted molar refractivity (Wildman–Crippen MR) is 218 cm³/mol. The molecule has 2 fully saturated rings. The molecule has 60 heavy (non-hydrogen) atoms. The molecule has 0 bridgehead atoms. The van der Waals surface area contributed by atoms with Crippen molar-refractivity contribution >= 4 is 25.6 Å². The van der Waals surface area contributed by atoms with Crippen molar-refractivity contribution in [1.82, 2.24) is 10.1 Å². The molecule has 1 aliphatic heterocycles. The van der Waals surface area contributed by atoms with Gasteiger partial charge in [0.25, 0.3) is 5.88 Å². The first-order valence-corrected chi connectivity index (χ1v) is 23.3. The third kappa shape index (κ3) is 7.43. The number of carbonyl (C=O) groups is 2. The van der Waals surface area contributed by atoms with Gasteiger partial charge in [-0.15, -0.1) is 13.2 Å². The van der Waals surface area contributed by atoms with Crippen LogP contribution in [0, 0.1) is 11.8 Å². The lowest BCUT2D eigenvalue weighted by atomic mass is 9.57. The largest absolute Gasteiger partial charge is 0.573 e. The van der Waals surface area contributed by atoms with Crippen LogP contribution in [0.1, 0.15) is 90.0 Å². The van der Waals surface area contributed by atoms with E-state index in [-0.39, 0.29) is 77.8 Å². The number of Topliss-reactive ketones (excluding diaryl/α,β-unsaturated/α-hetero) is 2. The second-order valence-electron chi connectivity index (χ2n) is 17.8. The van der Waals surface area contributed by atoms with Gasteiger partial charge in [-0.1, -0.05) is 81.4 Å². The number of carbonyl (C=O) groups excluding carboxylic acids is 2. The van der Waals surface area contributed by atoms with Gasteiger partial charge in [0.2, 0.25) is 11.6 Å². The van der Waals surface area contributed by atoms with Crippen LogP contribution in [0.5, 0.6) is 17.4 Å². The van der Waals surface area contributed by atoms with Crippen LogP contribution in [-0.2, 0) is 35.4 Å². The van der Waals surface area contributed by atoms with Crippen LogP contribution in [0.15, 0.2) is 76.8 Å². The van der Waals surface area contributed by atoms with E-state index in [2.05, 4.69) is 5.16 Å². The van der Waals surface area contributed by atoms with E-state index >= 15 is 9.59 Å². The summed E-state index contributed by atoms with van der Waals surface area (Å²) in [6.45, 7) is 11.3. The Morgan fingerprint density at radius 1 is 0.933 bits per heavy atom. The van der Waals surface area contributed by atoms with Crippen molar-refractivity contribution in [3.8, 4) is 17.4 Å². The first-order valence-electron chi connectivity index (χ1n) is 20.4. The summed E-state index contributed by atoms with van der Waals surface area (Å²) in [4.78, 5) is 33.1. The summed E-state index contributed by atoms with van der Waals surface area (Å²) >= 11 is 0. The number of aliphatic hydroxyl groups is 1. The van der Waals surface area contributed by atoms with E-state index in [9.17, 15) is 18.3 Å². The summed E-state index contributed by atoms with van der Waals surface area (Å²) in [6, 6.07) is 18.8. The quantitative estimate of drug-likeness (QED) is 0.110. The minimum atomic E-state index is -5.07. The van der Waals surface area contributed by atoms with Gasteiger partial charge in [0, 0.05) is 29.2 Å². The smallest absolute Gasteiger partial charge is 0.507 e. The number of fused-ring (bicyclic) bond motifs is 4. The van der Waals surface area contributed by atoms with E-state index in [1.807, 2.05) is 99.4 Å². The first-order chi connectivity index (χ1) is 28.4. The topological polar surface area (TPSA) is 147 Å². The number of ether oxygens (including phenoxy) is 3. The van der Waals surface area contributed by atoms with Crippen LogP contribution in [-0.4, -0.2) is 60.1 Å². The van der Waals surface area contributed by atoms with Crippen molar-refractivity contribution < 1.29 is 51.0 Å². The molecule has 0 amide bonds. The van der Waals surface area contributed by atoms with Crippen molar-refractivity contribution in [2.75, 3.05) is 13.1 Å². The maximum Gasteiger partial charge on any atom is 0.573 e. The Morgan fingerprint density at radius 3 is 2.15 bits per heavy atom. The average molecular weight is 846 g/mol. The number of nitrogens with zero attached hydrogens (tertiary/aromatic N) is 2. The average Bonchev–Trinajstić information content (AvgIpc) is 3.87. The highest BCUT2D eigenvalue weighted by Gasteiger charge is 2.68. The highest BCUT2D eigenvalue weighted by atomic mass is 28.4. The SMILES string of the molecule is CC(C)(C)[Si](C)(C)OC12C(=O)C3=C(O)c4c(OCc5ccccc5)cc(CN5CCCC5)c(OC(F)(F)F)c4C[C@H]3C[C@H]1[C@H](N)c1onc(OCc3ccccc3)c1C2=O. The molecule has 0 spiro atoms. The Labute approximate surface area is 347 Å². The third-order valence-corrected chi connectivity index (χ3v) is 17.3. The third-order valence-electron chi connectivity index (χ3n) is 12.9. The second-order valence-corrected chi connectivity index (χ2v) is 22.5. The molecule has 1 aromatic heterocycles. The zero-order valence-corrected chi connectivity index (χ0v) is 35.4. The lowest BCUT2D eigenvalue weighted by Crippen LogP contribution is -2.68. The number of likely N-dealkylation sites (tertiary alicyclic amines) is 1. The van der Waals surface area contributed by atoms with Gasteiger partial charge in [-0.2, -0.15) is 0 Å². The number of hydrogen-bond acceptors (Lipinski definition) is 11. The van der Waals surface area contributed by atoms with Crippen LogP contribution >= 0.6 is 0 Å². The van der Waals surface area contributed by atoms with Crippen LogP contribution in [0.4, 0.5) is 13.2 Å². The lowest BCUT2D eigenvalue weighted by molar-refractivity contribution is -0.275. The lowest BCUT2D eigenvalue weighted by Gasteiger charge is -2.53. The molecule has 3 N–H and O–H groups in total. The van der Waals surface area contributed by atoms with Crippen molar-refractivity contribution in [3.05, 3.63) is 111 Å². The zero-order chi connectivity index (χ0) is 42.8. The molecular formula is C45H50F3N3O8Si. The summed E-state index contributed by atoms with van der Waals surface area (Å²) in [6.07, 6.45) is -3.43. The summed E-state index contributed by atoms with van der Waals surface area (Å²) in [7, 11) is -3.05. The van der Waals surface area contributed by atoms with Crippen molar-refractivity contribution in [1.29, 1.82) is 0 Å². The van der Waals surface area contributed by atoms with Gasteiger partial charge in [0.1, 0.15) is 36.0 Å². The van der Waals surface area contributed by atoms with E-state index in [1.54, 1.807) is 0 Å². The number of halogens is 3. The van der Waals surface area contributed by atoms with Gasteiger partial charge in [0.05, 0.1) is 11.6 Å². The fourth-order valence-corrected chi connectivity index (χ4v) is 10.4. The molecule has 3 aliphatic carbocycles. The van der Waals surface area contributed by atoms with E-state index in [1.165, 1.54) is 6.07 Å². The zero-order valence-electron chi connectivity index (χ0n) is 34.4. The molecule has 4 atom stereocenters. The highest BCUT2D eigenvalue weighted by molar-refractivity contribution is 6.74. The number of ketones is 2. The van der Waals surface area contributed by atoms with Gasteiger partial charge < -0.3 is 34.0 Å². The number of aromatic nitrogens is 1. The van der Waals surface area contributed by atoms with Crippen LogP contribution in [0.3, 0.4) is 0 Å². The van der Waals surface area contributed by atoms with E-state index in [4.69, 9.17) is 28.9 Å². The fraction of sp³-hybridized carbons (Fsp3) is 0.444. The van der Waals surface area contributed by atoms with Crippen molar-refractivity contribution in [3.63, 3.8) is 0 Å². The molecular weight excluding hydrogens is 796 g/mol. The molecule has 1 saturated carbocycles. The Hall–Kier alpha value is -4.96. The number of aliphatic hydroxyl groups excluding tert-OH is 1. The van der Waals surface area contributed by atoms with Gasteiger partial charge in [-0.05, 0) is 85.2 Å². The molecule has 8 rings (SSSR count). The molecule has 11 nitrogen and oxygen atoms in total. The second kappa shape index (κ2) is 15.5. The van der Waals surface area contributed by atoms with E-state index < -0.39 is 66.3 Å². The molecule has 3 aromatic carbocycles. The molecule has 1 saturated heterocycles. The number of alkyl halides is 3. The minimum Gasteiger partial charge on any atom is -0.507 e. The summed E-state index contributed by atoms with van der Waals surface area (Å²) in [5.74, 6) is -4.58. The molecule has 2 heterocycles. The molecule has 318 valence electrons. The predicted octanol–water partition coefficient (Wildman–Crippen LogP) is 9.01. The number of rotatable bonds is 11. The number of nitrogens with two attached hydrogens (primary N) is 1. The fourth-order valence-electron chi connectivity index (χ4n) is 8.92. The highest BCUT2D eigenvalue weighted by Crippen LogP contribution is 2.58. The van der Waals surface area contributed by atoms with Gasteiger partial charge >= 0.3 is 6.36 Å². The minimum absolute atomic E-state index is 0.0194.